The third-order valence-corrected chi connectivity index (χ3v) is 2.68. The van der Waals surface area contributed by atoms with E-state index in [9.17, 15) is 22.7 Å². The first-order chi connectivity index (χ1) is 9.47. The van der Waals surface area contributed by atoms with Crippen LogP contribution in [0.1, 0.15) is 17.2 Å². The van der Waals surface area contributed by atoms with Crippen molar-refractivity contribution in [2.75, 3.05) is 0 Å². The Balaban J connectivity index is 2.22. The third-order valence-electron chi connectivity index (χ3n) is 2.68. The van der Waals surface area contributed by atoms with Gasteiger partial charge >= 0.3 is 6.61 Å². The zero-order valence-corrected chi connectivity index (χ0v) is 10.1. The molecule has 0 radical (unpaired) electrons. The predicted molar refractivity (Wildman–Crippen MR) is 63.5 cm³/mol. The van der Waals surface area contributed by atoms with Crippen molar-refractivity contribution in [3.8, 4) is 5.75 Å². The van der Waals surface area contributed by atoms with E-state index in [1.807, 2.05) is 0 Å². The Labute approximate surface area is 112 Å². The molecule has 1 N–H and O–H groups in total. The van der Waals surface area contributed by atoms with Gasteiger partial charge in [-0.1, -0.05) is 18.2 Å². The number of rotatable bonds is 4. The highest BCUT2D eigenvalue weighted by Gasteiger charge is 2.16. The molecule has 0 aliphatic rings. The second-order valence-electron chi connectivity index (χ2n) is 4.02. The first-order valence-corrected chi connectivity index (χ1v) is 5.65. The highest BCUT2D eigenvalue weighted by molar-refractivity contribution is 5.34. The Morgan fingerprint density at radius 2 is 1.60 bits per heavy atom. The Bertz CT molecular complexity index is 584. The zero-order chi connectivity index (χ0) is 14.7. The normalized spacial score (nSPS) is 12.5. The first kappa shape index (κ1) is 14.3. The van der Waals surface area contributed by atoms with Crippen LogP contribution in [0.2, 0.25) is 0 Å². The van der Waals surface area contributed by atoms with E-state index < -0.39 is 24.3 Å². The van der Waals surface area contributed by atoms with Crippen LogP contribution in [0.5, 0.6) is 5.75 Å². The molecule has 0 fully saturated rings. The lowest BCUT2D eigenvalue weighted by atomic mass is 10.0. The SMILES string of the molecule is OC(c1ccc(OC(F)F)cc1)c1ccc(F)cc1F. The fourth-order valence-corrected chi connectivity index (χ4v) is 1.73. The number of aliphatic hydroxyl groups is 1. The van der Waals surface area contributed by atoms with Gasteiger partial charge in [-0.05, 0) is 23.8 Å². The molecule has 2 nitrogen and oxygen atoms in total. The molecule has 0 amide bonds. The molecule has 0 bridgehead atoms. The van der Waals surface area contributed by atoms with E-state index in [-0.39, 0.29) is 16.9 Å². The summed E-state index contributed by atoms with van der Waals surface area (Å²) < 4.78 is 54.4. The predicted octanol–water partition coefficient (Wildman–Crippen LogP) is 3.65. The summed E-state index contributed by atoms with van der Waals surface area (Å²) in [6, 6.07) is 7.91. The summed E-state index contributed by atoms with van der Waals surface area (Å²) in [5.74, 6) is -1.71. The minimum atomic E-state index is -2.94. The number of halogens is 4. The van der Waals surface area contributed by atoms with Gasteiger partial charge in [-0.3, -0.25) is 0 Å². The molecule has 0 spiro atoms. The van der Waals surface area contributed by atoms with Gasteiger partial charge in [-0.25, -0.2) is 8.78 Å². The van der Waals surface area contributed by atoms with Crippen molar-refractivity contribution in [3.05, 3.63) is 65.2 Å². The van der Waals surface area contributed by atoms with Crippen LogP contribution in [0.25, 0.3) is 0 Å². The summed E-state index contributed by atoms with van der Waals surface area (Å²) in [4.78, 5) is 0. The van der Waals surface area contributed by atoms with Crippen LogP contribution >= 0.6 is 0 Å². The van der Waals surface area contributed by atoms with Gasteiger partial charge in [-0.15, -0.1) is 0 Å². The highest BCUT2D eigenvalue weighted by atomic mass is 19.3. The van der Waals surface area contributed by atoms with Crippen molar-refractivity contribution in [1.29, 1.82) is 0 Å². The lowest BCUT2D eigenvalue weighted by Gasteiger charge is -2.13. The lowest BCUT2D eigenvalue weighted by Crippen LogP contribution is -2.04. The molecule has 0 saturated heterocycles. The van der Waals surface area contributed by atoms with E-state index >= 15 is 0 Å². The number of hydrogen-bond acceptors (Lipinski definition) is 2. The van der Waals surface area contributed by atoms with Crippen LogP contribution in [-0.2, 0) is 0 Å². The number of alkyl halides is 2. The largest absolute Gasteiger partial charge is 0.435 e. The standard InChI is InChI=1S/C14H10F4O2/c15-9-3-6-11(12(16)7-9)13(19)8-1-4-10(5-2-8)20-14(17)18/h1-7,13-14,19H. The first-order valence-electron chi connectivity index (χ1n) is 5.65. The lowest BCUT2D eigenvalue weighted by molar-refractivity contribution is -0.0498. The fourth-order valence-electron chi connectivity index (χ4n) is 1.73. The highest BCUT2D eigenvalue weighted by Crippen LogP contribution is 2.26. The molecule has 0 aliphatic carbocycles. The van der Waals surface area contributed by atoms with Gasteiger partial charge in [0.15, 0.2) is 0 Å². The van der Waals surface area contributed by atoms with E-state index in [1.165, 1.54) is 24.3 Å². The molecule has 2 aromatic rings. The molecular formula is C14H10F4O2. The van der Waals surface area contributed by atoms with Gasteiger partial charge < -0.3 is 9.84 Å². The van der Waals surface area contributed by atoms with E-state index in [4.69, 9.17) is 0 Å². The second kappa shape index (κ2) is 5.92. The van der Waals surface area contributed by atoms with Crippen molar-refractivity contribution in [3.63, 3.8) is 0 Å². The molecule has 2 rings (SSSR count). The van der Waals surface area contributed by atoms with Crippen molar-refractivity contribution >= 4 is 0 Å². The Kier molecular flexibility index (Phi) is 4.24. The van der Waals surface area contributed by atoms with Gasteiger partial charge in [0.05, 0.1) is 0 Å². The Hall–Kier alpha value is -2.08. The Morgan fingerprint density at radius 1 is 0.950 bits per heavy atom. The average Bonchev–Trinajstić information content (AvgIpc) is 2.38. The molecule has 20 heavy (non-hydrogen) atoms. The number of benzene rings is 2. The van der Waals surface area contributed by atoms with E-state index in [1.54, 1.807) is 0 Å². The van der Waals surface area contributed by atoms with E-state index in [0.29, 0.717) is 6.07 Å². The summed E-state index contributed by atoms with van der Waals surface area (Å²) in [6.45, 7) is -2.94. The van der Waals surface area contributed by atoms with Crippen molar-refractivity contribution < 1.29 is 27.4 Å². The zero-order valence-electron chi connectivity index (χ0n) is 10.1. The van der Waals surface area contributed by atoms with Gasteiger partial charge in [0.1, 0.15) is 23.5 Å². The molecule has 0 aliphatic heterocycles. The van der Waals surface area contributed by atoms with Crippen LogP contribution in [0.15, 0.2) is 42.5 Å². The third kappa shape index (κ3) is 3.27. The maximum absolute atomic E-state index is 13.5. The van der Waals surface area contributed by atoms with Crippen molar-refractivity contribution in [2.45, 2.75) is 12.7 Å². The minimum Gasteiger partial charge on any atom is -0.435 e. The fraction of sp³-hybridized carbons (Fsp3) is 0.143. The smallest absolute Gasteiger partial charge is 0.387 e. The maximum Gasteiger partial charge on any atom is 0.387 e. The number of ether oxygens (including phenoxy) is 1. The topological polar surface area (TPSA) is 29.5 Å². The van der Waals surface area contributed by atoms with Gasteiger partial charge in [0, 0.05) is 11.6 Å². The number of aliphatic hydroxyl groups excluding tert-OH is 1. The van der Waals surface area contributed by atoms with Crippen LogP contribution in [-0.4, -0.2) is 11.7 Å². The quantitative estimate of drug-likeness (QED) is 0.869. The minimum absolute atomic E-state index is 0.0736. The van der Waals surface area contributed by atoms with Gasteiger partial charge in [0.2, 0.25) is 0 Å². The average molecular weight is 286 g/mol. The van der Waals surface area contributed by atoms with Crippen molar-refractivity contribution in [1.82, 2.24) is 0 Å². The second-order valence-corrected chi connectivity index (χ2v) is 4.02. The molecule has 1 atom stereocenters. The summed E-state index contributed by atoms with van der Waals surface area (Å²) in [5, 5.41) is 9.98. The van der Waals surface area contributed by atoms with Gasteiger partial charge in [0.25, 0.3) is 0 Å². The summed E-state index contributed by atoms with van der Waals surface area (Å²) in [5.41, 5.74) is 0.172. The molecular weight excluding hydrogens is 276 g/mol. The molecule has 1 unspecified atom stereocenters. The molecule has 0 saturated carbocycles. The van der Waals surface area contributed by atoms with Crippen LogP contribution in [0, 0.1) is 11.6 Å². The van der Waals surface area contributed by atoms with Gasteiger partial charge in [-0.2, -0.15) is 8.78 Å². The van der Waals surface area contributed by atoms with E-state index in [0.717, 1.165) is 12.1 Å². The molecule has 106 valence electrons. The molecule has 6 heteroatoms. The summed E-state index contributed by atoms with van der Waals surface area (Å²) in [7, 11) is 0. The summed E-state index contributed by atoms with van der Waals surface area (Å²) in [6.07, 6.45) is -1.32. The monoisotopic (exact) mass is 286 g/mol. The molecule has 0 heterocycles. The Morgan fingerprint density at radius 3 is 2.15 bits per heavy atom. The molecule has 2 aromatic carbocycles. The molecule has 0 aromatic heterocycles. The summed E-state index contributed by atoms with van der Waals surface area (Å²) >= 11 is 0. The number of hydrogen-bond donors (Lipinski definition) is 1. The maximum atomic E-state index is 13.5. The van der Waals surface area contributed by atoms with Crippen LogP contribution in [0.3, 0.4) is 0 Å². The van der Waals surface area contributed by atoms with Crippen molar-refractivity contribution in [2.24, 2.45) is 0 Å². The van der Waals surface area contributed by atoms with Crippen LogP contribution < -0.4 is 4.74 Å². The van der Waals surface area contributed by atoms with Crippen LogP contribution in [0.4, 0.5) is 17.6 Å². The van der Waals surface area contributed by atoms with E-state index in [2.05, 4.69) is 4.74 Å².